The van der Waals surface area contributed by atoms with Gasteiger partial charge in [-0.2, -0.15) is 0 Å². The monoisotopic (exact) mass is 205 g/mol. The van der Waals surface area contributed by atoms with Crippen LogP contribution in [0.5, 0.6) is 0 Å². The summed E-state index contributed by atoms with van der Waals surface area (Å²) in [6, 6.07) is 4.36. The van der Waals surface area contributed by atoms with Gasteiger partial charge < -0.3 is 10.6 Å². The number of pyridine rings is 1. The topological polar surface area (TPSA) is 42.2 Å². The predicted octanol–water partition coefficient (Wildman–Crippen LogP) is 1.00. The molecule has 0 bridgehead atoms. The maximum Gasteiger partial charge on any atom is 0.0419 e. The molecule has 82 valence electrons. The van der Waals surface area contributed by atoms with Crippen LogP contribution in [0.2, 0.25) is 0 Å². The number of nitrogens with two attached hydrogens (primary N) is 1. The predicted molar refractivity (Wildman–Crippen MR) is 61.9 cm³/mol. The van der Waals surface area contributed by atoms with E-state index in [9.17, 15) is 0 Å². The fourth-order valence-electron chi connectivity index (χ4n) is 2.24. The zero-order chi connectivity index (χ0) is 10.7. The summed E-state index contributed by atoms with van der Waals surface area (Å²) in [5, 5.41) is 0. The van der Waals surface area contributed by atoms with E-state index in [1.54, 1.807) is 0 Å². The van der Waals surface area contributed by atoms with E-state index >= 15 is 0 Å². The van der Waals surface area contributed by atoms with E-state index in [1.165, 1.54) is 25.1 Å². The van der Waals surface area contributed by atoms with Crippen LogP contribution in [0.4, 0.5) is 0 Å². The molecule has 0 aliphatic carbocycles. The Balaban J connectivity index is 2.10. The second-order valence-corrected chi connectivity index (χ2v) is 4.37. The van der Waals surface area contributed by atoms with Crippen molar-refractivity contribution >= 4 is 0 Å². The second kappa shape index (κ2) is 4.73. The molecule has 1 atom stereocenters. The van der Waals surface area contributed by atoms with Gasteiger partial charge in [0.1, 0.15) is 0 Å². The summed E-state index contributed by atoms with van der Waals surface area (Å²) in [5.74, 6) is 0.689. The Labute approximate surface area is 91.3 Å². The van der Waals surface area contributed by atoms with Crippen LogP contribution >= 0.6 is 0 Å². The molecule has 1 saturated heterocycles. The van der Waals surface area contributed by atoms with E-state index in [4.69, 9.17) is 5.73 Å². The maximum absolute atomic E-state index is 5.54. The number of hydrogen-bond acceptors (Lipinski definition) is 3. The third-order valence-corrected chi connectivity index (χ3v) is 3.10. The molecule has 3 heteroatoms. The fourth-order valence-corrected chi connectivity index (χ4v) is 2.24. The van der Waals surface area contributed by atoms with Crippen molar-refractivity contribution in [1.82, 2.24) is 9.88 Å². The summed E-state index contributed by atoms with van der Waals surface area (Å²) >= 11 is 0. The van der Waals surface area contributed by atoms with E-state index in [1.807, 2.05) is 6.20 Å². The Morgan fingerprint density at radius 1 is 1.60 bits per heavy atom. The van der Waals surface area contributed by atoms with Gasteiger partial charge in [-0.05, 0) is 50.2 Å². The van der Waals surface area contributed by atoms with Crippen LogP contribution in [-0.4, -0.2) is 36.6 Å². The number of likely N-dealkylation sites (N-methyl/N-ethyl adjacent to an activating group) is 1. The summed E-state index contributed by atoms with van der Waals surface area (Å²) in [6.07, 6.45) is 4.07. The molecular formula is C12H19N3. The molecule has 3 nitrogen and oxygen atoms in total. The Kier molecular flexibility index (Phi) is 3.34. The highest BCUT2D eigenvalue weighted by molar-refractivity contribution is 5.22. The molecule has 0 saturated carbocycles. The Morgan fingerprint density at radius 3 is 3.13 bits per heavy atom. The summed E-state index contributed by atoms with van der Waals surface area (Å²) < 4.78 is 0. The van der Waals surface area contributed by atoms with Crippen LogP contribution in [-0.2, 0) is 6.42 Å². The number of nitrogens with zero attached hydrogens (tertiary/aromatic N) is 2. The lowest BCUT2D eigenvalue weighted by Gasteiger charge is -2.11. The maximum atomic E-state index is 5.54. The van der Waals surface area contributed by atoms with Gasteiger partial charge >= 0.3 is 0 Å². The van der Waals surface area contributed by atoms with Gasteiger partial charge in [-0.1, -0.05) is 0 Å². The molecule has 1 aliphatic heterocycles. The van der Waals surface area contributed by atoms with E-state index < -0.39 is 0 Å². The average molecular weight is 205 g/mol. The van der Waals surface area contributed by atoms with Gasteiger partial charge in [0, 0.05) is 24.9 Å². The lowest BCUT2D eigenvalue weighted by Crippen LogP contribution is -2.13. The molecule has 2 heterocycles. The van der Waals surface area contributed by atoms with Crippen LogP contribution in [0.3, 0.4) is 0 Å². The van der Waals surface area contributed by atoms with Crippen molar-refractivity contribution < 1.29 is 0 Å². The fraction of sp³-hybridized carbons (Fsp3) is 0.583. The van der Waals surface area contributed by atoms with Crippen molar-refractivity contribution in [3.63, 3.8) is 0 Å². The molecule has 15 heavy (non-hydrogen) atoms. The van der Waals surface area contributed by atoms with Crippen molar-refractivity contribution in [2.24, 2.45) is 5.73 Å². The first-order valence-electron chi connectivity index (χ1n) is 5.63. The van der Waals surface area contributed by atoms with Crippen LogP contribution in [0.15, 0.2) is 18.3 Å². The first kappa shape index (κ1) is 10.6. The van der Waals surface area contributed by atoms with E-state index in [0.29, 0.717) is 12.5 Å². The van der Waals surface area contributed by atoms with E-state index in [0.717, 1.165) is 12.1 Å². The highest BCUT2D eigenvalue weighted by atomic mass is 15.1. The summed E-state index contributed by atoms with van der Waals surface area (Å²) in [4.78, 5) is 6.71. The molecule has 0 aromatic carbocycles. The molecule has 2 rings (SSSR count). The smallest absolute Gasteiger partial charge is 0.0419 e. The highest BCUT2D eigenvalue weighted by Gasteiger charge is 2.21. The Bertz CT molecular complexity index is 324. The molecule has 1 fully saturated rings. The third-order valence-electron chi connectivity index (χ3n) is 3.10. The third kappa shape index (κ3) is 2.55. The molecule has 2 N–H and O–H groups in total. The molecule has 1 aromatic rings. The molecule has 1 aromatic heterocycles. The first-order valence-corrected chi connectivity index (χ1v) is 5.63. The number of likely N-dealkylation sites (tertiary alicyclic amines) is 1. The van der Waals surface area contributed by atoms with Crippen molar-refractivity contribution in [2.75, 3.05) is 26.7 Å². The molecule has 1 unspecified atom stereocenters. The van der Waals surface area contributed by atoms with Crippen LogP contribution in [0, 0.1) is 0 Å². The lowest BCUT2D eigenvalue weighted by molar-refractivity contribution is 0.411. The summed E-state index contributed by atoms with van der Waals surface area (Å²) in [6.45, 7) is 3.06. The van der Waals surface area contributed by atoms with Gasteiger partial charge in [-0.3, -0.25) is 4.98 Å². The van der Waals surface area contributed by atoms with Crippen LogP contribution < -0.4 is 5.73 Å². The molecule has 0 amide bonds. The summed E-state index contributed by atoms with van der Waals surface area (Å²) in [7, 11) is 2.18. The van der Waals surface area contributed by atoms with Gasteiger partial charge in [-0.25, -0.2) is 0 Å². The number of aromatic nitrogens is 1. The summed E-state index contributed by atoms with van der Waals surface area (Å²) in [5.41, 5.74) is 8.10. The molecule has 0 spiro atoms. The van der Waals surface area contributed by atoms with Gasteiger partial charge in [0.05, 0.1) is 0 Å². The second-order valence-electron chi connectivity index (χ2n) is 4.37. The van der Waals surface area contributed by atoms with Crippen LogP contribution in [0.1, 0.15) is 23.6 Å². The molecule has 0 radical (unpaired) electrons. The largest absolute Gasteiger partial charge is 0.330 e. The average Bonchev–Trinajstić information content (AvgIpc) is 2.66. The van der Waals surface area contributed by atoms with Crippen molar-refractivity contribution in [2.45, 2.75) is 18.8 Å². The van der Waals surface area contributed by atoms with Gasteiger partial charge in [0.15, 0.2) is 0 Å². The van der Waals surface area contributed by atoms with Crippen LogP contribution in [0.25, 0.3) is 0 Å². The van der Waals surface area contributed by atoms with Crippen molar-refractivity contribution in [1.29, 1.82) is 0 Å². The van der Waals surface area contributed by atoms with Gasteiger partial charge in [0.25, 0.3) is 0 Å². The van der Waals surface area contributed by atoms with Gasteiger partial charge in [0.2, 0.25) is 0 Å². The van der Waals surface area contributed by atoms with Gasteiger partial charge in [-0.15, -0.1) is 0 Å². The molecular weight excluding hydrogens is 186 g/mol. The normalized spacial score (nSPS) is 22.1. The highest BCUT2D eigenvalue weighted by Crippen LogP contribution is 2.26. The van der Waals surface area contributed by atoms with Crippen molar-refractivity contribution in [3.8, 4) is 0 Å². The quantitative estimate of drug-likeness (QED) is 0.800. The van der Waals surface area contributed by atoms with Crippen molar-refractivity contribution in [3.05, 3.63) is 29.6 Å². The van der Waals surface area contributed by atoms with E-state index in [-0.39, 0.29) is 0 Å². The minimum Gasteiger partial charge on any atom is -0.330 e. The first-order chi connectivity index (χ1) is 7.29. The molecule has 1 aliphatic rings. The van der Waals surface area contributed by atoms with E-state index in [2.05, 4.69) is 29.1 Å². The zero-order valence-electron chi connectivity index (χ0n) is 9.32. The standard InChI is InChI=1S/C12H19N3/c1-15-7-4-11(9-15)10-3-6-14-12(8-10)2-5-13/h3,6,8,11H,2,4-5,7,9,13H2,1H3. The minimum atomic E-state index is 0.682. The number of rotatable bonds is 3. The lowest BCUT2D eigenvalue weighted by atomic mass is 9.98. The minimum absolute atomic E-state index is 0.682. The SMILES string of the molecule is CN1CCC(c2ccnc(CCN)c2)C1. The Hall–Kier alpha value is -0.930. The number of hydrogen-bond donors (Lipinski definition) is 1. The Morgan fingerprint density at radius 2 is 2.47 bits per heavy atom. The zero-order valence-corrected chi connectivity index (χ0v) is 9.32.